The first kappa shape index (κ1) is 40.8. The minimum atomic E-state index is -0.976. The van der Waals surface area contributed by atoms with Crippen LogP contribution in [0.2, 0.25) is 10.0 Å². The van der Waals surface area contributed by atoms with E-state index in [4.69, 9.17) is 61.1 Å². The van der Waals surface area contributed by atoms with Crippen molar-refractivity contribution in [2.75, 3.05) is 26.4 Å². The molecule has 2 aromatic carbocycles. The minimum Gasteiger partial charge on any atom is -0.463 e. The van der Waals surface area contributed by atoms with E-state index in [1.54, 1.807) is 0 Å². The molecule has 0 radical (unpaired) electrons. The van der Waals surface area contributed by atoms with Crippen molar-refractivity contribution in [2.24, 2.45) is 5.92 Å². The quantitative estimate of drug-likeness (QED) is 0.0377. The number of rotatable bonds is 18. The number of benzene rings is 2. The zero-order valence-electron chi connectivity index (χ0n) is 27.7. The monoisotopic (exact) mass is 760 g/mol. The Bertz CT molecular complexity index is 1710. The Morgan fingerprint density at radius 3 is 1.54 bits per heavy atom. The van der Waals surface area contributed by atoms with Crippen molar-refractivity contribution in [1.82, 2.24) is 0 Å². The number of esters is 4. The maximum atomic E-state index is 12.8. The zero-order valence-corrected chi connectivity index (χ0v) is 29.2. The molecule has 0 N–H and O–H groups in total. The lowest BCUT2D eigenvalue weighted by Crippen LogP contribution is -2.21. The number of ether oxygens (including phenoxy) is 8. The molecule has 0 fully saturated rings. The summed E-state index contributed by atoms with van der Waals surface area (Å²) < 4.78 is 40.5. The van der Waals surface area contributed by atoms with E-state index in [0.717, 1.165) is 12.2 Å². The molecule has 2 aromatic rings. The lowest BCUT2D eigenvalue weighted by Gasteiger charge is -2.16. The summed E-state index contributed by atoms with van der Waals surface area (Å²) in [7, 11) is 0. The van der Waals surface area contributed by atoms with Gasteiger partial charge in [0.05, 0.1) is 48.0 Å². The van der Waals surface area contributed by atoms with Crippen molar-refractivity contribution in [2.45, 2.75) is 32.1 Å². The fourth-order valence-corrected chi connectivity index (χ4v) is 4.40. The fourth-order valence-electron chi connectivity index (χ4n) is 3.98. The van der Waals surface area contributed by atoms with Gasteiger partial charge in [0.15, 0.2) is 0 Å². The van der Waals surface area contributed by atoms with Gasteiger partial charge in [0.2, 0.25) is 0 Å². The van der Waals surface area contributed by atoms with Gasteiger partial charge in [-0.05, 0) is 56.4 Å². The van der Waals surface area contributed by atoms with Gasteiger partial charge >= 0.3 is 36.2 Å². The van der Waals surface area contributed by atoms with Crippen molar-refractivity contribution in [3.8, 4) is 23.0 Å². The Morgan fingerprint density at radius 1 is 0.654 bits per heavy atom. The van der Waals surface area contributed by atoms with Crippen LogP contribution >= 0.6 is 23.2 Å². The highest BCUT2D eigenvalue weighted by atomic mass is 35.5. The fraction of sp³-hybridized carbons (Fsp3) is 0.278. The van der Waals surface area contributed by atoms with Crippen LogP contribution in [0.15, 0.2) is 85.5 Å². The highest BCUT2D eigenvalue weighted by Gasteiger charge is 2.24. The van der Waals surface area contributed by atoms with Crippen LogP contribution in [0.3, 0.4) is 0 Å². The molecule has 1 atom stereocenters. The van der Waals surface area contributed by atoms with Gasteiger partial charge in [0.1, 0.15) is 23.0 Å². The molecule has 1 aliphatic carbocycles. The number of allylic oxidation sites excluding steroid dienone is 1. The first-order valence-electron chi connectivity index (χ1n) is 15.7. The van der Waals surface area contributed by atoms with E-state index in [1.165, 1.54) is 54.6 Å². The predicted octanol–water partition coefficient (Wildman–Crippen LogP) is 7.06. The van der Waals surface area contributed by atoms with E-state index in [9.17, 15) is 28.8 Å². The molecule has 52 heavy (non-hydrogen) atoms. The molecule has 0 saturated carbocycles. The van der Waals surface area contributed by atoms with E-state index in [2.05, 4.69) is 13.2 Å². The van der Waals surface area contributed by atoms with Crippen LogP contribution in [-0.2, 0) is 38.1 Å². The van der Waals surface area contributed by atoms with Crippen LogP contribution < -0.4 is 18.9 Å². The van der Waals surface area contributed by atoms with Gasteiger partial charge in [-0.1, -0.05) is 54.6 Å². The van der Waals surface area contributed by atoms with Crippen molar-refractivity contribution >= 4 is 59.4 Å². The standard InChI is InChI=1S/C36H34Cl2O14/c1-3-31(39)45-17-5-7-19-47-35(43)49-25-13-15-29(27(37)21-25)51-33(41)23-9-11-24(12-10-23)34(42)52-30-16-14-26(22-28(30)38)50-36(44)48-20-8-6-18-46-32(40)4-2/h3-4,9-11,13-16,21-22,24H,1-2,5-8,12,17-20H2/t24-/m1/s1. The summed E-state index contributed by atoms with van der Waals surface area (Å²) in [4.78, 5) is 71.4. The Hall–Kier alpha value is -5.60. The highest BCUT2D eigenvalue weighted by molar-refractivity contribution is 6.32. The lowest BCUT2D eigenvalue weighted by molar-refractivity contribution is -0.138. The molecule has 16 heteroatoms. The largest absolute Gasteiger partial charge is 0.513 e. The van der Waals surface area contributed by atoms with Crippen molar-refractivity contribution in [3.63, 3.8) is 0 Å². The summed E-state index contributed by atoms with van der Waals surface area (Å²) in [6.07, 6.45) is 6.46. The normalized spacial score (nSPS) is 13.0. The van der Waals surface area contributed by atoms with Gasteiger partial charge < -0.3 is 37.9 Å². The molecular weight excluding hydrogens is 727 g/mol. The summed E-state index contributed by atoms with van der Waals surface area (Å²) >= 11 is 12.4. The summed E-state index contributed by atoms with van der Waals surface area (Å²) in [5.74, 6) is -3.10. The van der Waals surface area contributed by atoms with Gasteiger partial charge in [0.25, 0.3) is 0 Å². The molecule has 0 saturated heterocycles. The number of carbonyl (C=O) groups excluding carboxylic acids is 6. The van der Waals surface area contributed by atoms with E-state index in [0.29, 0.717) is 25.7 Å². The van der Waals surface area contributed by atoms with Crippen molar-refractivity contribution in [1.29, 1.82) is 0 Å². The topological polar surface area (TPSA) is 176 Å². The maximum absolute atomic E-state index is 12.8. The minimum absolute atomic E-state index is 0.00336. The third-order valence-corrected chi connectivity index (χ3v) is 7.19. The molecule has 14 nitrogen and oxygen atoms in total. The Kier molecular flexibility index (Phi) is 16.9. The Labute approximate surface area is 308 Å². The second-order valence-electron chi connectivity index (χ2n) is 10.4. The number of hydrogen-bond acceptors (Lipinski definition) is 14. The number of unbranched alkanes of at least 4 members (excludes halogenated alkanes) is 2. The lowest BCUT2D eigenvalue weighted by atomic mass is 9.97. The SMILES string of the molecule is C=CC(=O)OCCCCOC(=O)Oc1ccc(OC(=O)C2=CC[C@H](C(=O)Oc3ccc(OC(=O)OCCCCOC(=O)C=C)cc3Cl)C=C2)c(Cl)c1. The van der Waals surface area contributed by atoms with Gasteiger partial charge in [-0.25, -0.2) is 24.0 Å². The van der Waals surface area contributed by atoms with Crippen LogP contribution in [0.4, 0.5) is 9.59 Å². The zero-order chi connectivity index (χ0) is 37.9. The van der Waals surface area contributed by atoms with Gasteiger partial charge in [-0.3, -0.25) is 4.79 Å². The maximum Gasteiger partial charge on any atom is 0.513 e. The molecule has 0 amide bonds. The molecular formula is C36H34Cl2O14. The summed E-state index contributed by atoms with van der Waals surface area (Å²) in [6.45, 7) is 6.97. The summed E-state index contributed by atoms with van der Waals surface area (Å²) in [5.41, 5.74) is 0.158. The van der Waals surface area contributed by atoms with E-state index >= 15 is 0 Å². The Morgan fingerprint density at radius 2 is 1.12 bits per heavy atom. The molecule has 0 aromatic heterocycles. The highest BCUT2D eigenvalue weighted by Crippen LogP contribution is 2.32. The molecule has 0 bridgehead atoms. The van der Waals surface area contributed by atoms with E-state index in [-0.39, 0.29) is 71.5 Å². The predicted molar refractivity (Wildman–Crippen MR) is 184 cm³/mol. The number of hydrogen-bond donors (Lipinski definition) is 0. The van der Waals surface area contributed by atoms with Gasteiger partial charge in [0, 0.05) is 24.3 Å². The molecule has 0 spiro atoms. The average Bonchev–Trinajstić information content (AvgIpc) is 3.13. The first-order chi connectivity index (χ1) is 25.0. The van der Waals surface area contributed by atoms with Crippen molar-refractivity contribution < 1.29 is 66.7 Å². The second-order valence-corrected chi connectivity index (χ2v) is 11.2. The molecule has 1 aliphatic rings. The van der Waals surface area contributed by atoms with Crippen LogP contribution in [-0.4, -0.2) is 62.6 Å². The molecule has 276 valence electrons. The van der Waals surface area contributed by atoms with Crippen LogP contribution in [0.5, 0.6) is 23.0 Å². The molecule has 0 unspecified atom stereocenters. The third-order valence-electron chi connectivity index (χ3n) is 6.60. The smallest absolute Gasteiger partial charge is 0.463 e. The molecule has 0 heterocycles. The van der Waals surface area contributed by atoms with Crippen LogP contribution in [0, 0.1) is 5.92 Å². The summed E-state index contributed by atoms with van der Waals surface area (Å²) in [5, 5.41) is -0.0245. The second kappa shape index (κ2) is 21.6. The van der Waals surface area contributed by atoms with E-state index < -0.39 is 42.1 Å². The van der Waals surface area contributed by atoms with Gasteiger partial charge in [-0.2, -0.15) is 0 Å². The number of halogens is 2. The van der Waals surface area contributed by atoms with E-state index in [1.807, 2.05) is 0 Å². The average molecular weight is 762 g/mol. The van der Waals surface area contributed by atoms with Crippen LogP contribution in [0.25, 0.3) is 0 Å². The molecule has 3 rings (SSSR count). The third kappa shape index (κ3) is 14.3. The summed E-state index contributed by atoms with van der Waals surface area (Å²) in [6, 6.07) is 7.94. The first-order valence-corrected chi connectivity index (χ1v) is 16.4. The van der Waals surface area contributed by atoms with Gasteiger partial charge in [-0.15, -0.1) is 0 Å². The van der Waals surface area contributed by atoms with Crippen LogP contribution in [0.1, 0.15) is 32.1 Å². The number of carbonyl (C=O) groups is 6. The van der Waals surface area contributed by atoms with Crippen molar-refractivity contribution in [3.05, 3.63) is 95.6 Å². The molecule has 0 aliphatic heterocycles. The Balaban J connectivity index is 1.39.